The molecular formula is C27H36N2O5S. The normalized spacial score (nSPS) is 18.0. The lowest BCUT2D eigenvalue weighted by Gasteiger charge is -2.34. The van der Waals surface area contributed by atoms with E-state index in [1.165, 1.54) is 18.7 Å². The molecule has 0 saturated heterocycles. The Labute approximate surface area is 212 Å². The second-order valence-corrected chi connectivity index (χ2v) is 10.3. The molecule has 1 aliphatic heterocycles. The summed E-state index contributed by atoms with van der Waals surface area (Å²) >= 11 is 1.50. The Kier molecular flexibility index (Phi) is 9.08. The van der Waals surface area contributed by atoms with Gasteiger partial charge in [-0.25, -0.2) is 0 Å². The predicted octanol–water partition coefficient (Wildman–Crippen LogP) is 4.93. The van der Waals surface area contributed by atoms with Crippen molar-refractivity contribution >= 4 is 29.3 Å². The average molecular weight is 501 g/mol. The van der Waals surface area contributed by atoms with Gasteiger partial charge in [0.05, 0.1) is 25.2 Å². The van der Waals surface area contributed by atoms with Gasteiger partial charge in [-0.2, -0.15) is 0 Å². The molecule has 2 aromatic rings. The van der Waals surface area contributed by atoms with Crippen LogP contribution in [0.2, 0.25) is 0 Å². The Balaban J connectivity index is 2.08. The van der Waals surface area contributed by atoms with Crippen molar-refractivity contribution in [1.29, 1.82) is 0 Å². The first kappa shape index (κ1) is 26.9. The zero-order valence-electron chi connectivity index (χ0n) is 21.6. The fourth-order valence-corrected chi connectivity index (χ4v) is 5.77. The molecule has 0 fully saturated rings. The van der Waals surface area contributed by atoms with Crippen LogP contribution in [0.3, 0.4) is 0 Å². The second kappa shape index (κ2) is 11.8. The second-order valence-electron chi connectivity index (χ2n) is 9.09. The maximum Gasteiger partial charge on any atom is 0.303 e. The van der Waals surface area contributed by atoms with Crippen molar-refractivity contribution in [3.63, 3.8) is 0 Å². The smallest absolute Gasteiger partial charge is 0.303 e. The molecule has 0 aliphatic carbocycles. The first-order chi connectivity index (χ1) is 16.7. The summed E-state index contributed by atoms with van der Waals surface area (Å²) < 4.78 is 16.5. The maximum atomic E-state index is 14.0. The molecule has 0 bridgehead atoms. The molecule has 3 rings (SSSR count). The molecule has 0 unspecified atom stereocenters. The van der Waals surface area contributed by atoms with Crippen molar-refractivity contribution in [2.45, 2.75) is 63.0 Å². The minimum absolute atomic E-state index is 0.232. The lowest BCUT2D eigenvalue weighted by molar-refractivity contribution is -0.152. The van der Waals surface area contributed by atoms with Crippen LogP contribution in [0.4, 0.5) is 5.69 Å². The molecule has 1 amide bonds. The fraction of sp³-hybridized carbons (Fsp3) is 0.481. The number of ether oxygens (including phenoxy) is 3. The number of thioether (sulfide) groups is 1. The van der Waals surface area contributed by atoms with Gasteiger partial charge in [0.2, 0.25) is 0 Å². The minimum Gasteiger partial charge on any atom is -0.497 e. The molecule has 2 atom stereocenters. The van der Waals surface area contributed by atoms with E-state index in [2.05, 4.69) is 32.6 Å². The number of benzene rings is 2. The van der Waals surface area contributed by atoms with Crippen LogP contribution in [0.25, 0.3) is 0 Å². The highest BCUT2D eigenvalue weighted by atomic mass is 32.2. The van der Waals surface area contributed by atoms with Crippen LogP contribution in [0.15, 0.2) is 47.4 Å². The number of carbonyl (C=O) groups is 2. The number of amides is 1. The van der Waals surface area contributed by atoms with Crippen molar-refractivity contribution in [3.05, 3.63) is 48.0 Å². The summed E-state index contributed by atoms with van der Waals surface area (Å²) in [6, 6.07) is 13.9. The van der Waals surface area contributed by atoms with Crippen LogP contribution in [-0.2, 0) is 14.3 Å². The molecule has 7 nitrogen and oxygen atoms in total. The maximum absolute atomic E-state index is 14.0. The summed E-state index contributed by atoms with van der Waals surface area (Å²) in [6.07, 6.45) is -0.976. The Morgan fingerprint density at radius 1 is 1.00 bits per heavy atom. The van der Waals surface area contributed by atoms with Crippen LogP contribution in [-0.4, -0.2) is 62.3 Å². The van der Waals surface area contributed by atoms with E-state index in [1.807, 2.05) is 42.5 Å². The fourth-order valence-electron chi connectivity index (χ4n) is 4.43. The van der Waals surface area contributed by atoms with Crippen LogP contribution in [0.1, 0.15) is 45.4 Å². The third kappa shape index (κ3) is 6.30. The summed E-state index contributed by atoms with van der Waals surface area (Å²) in [5.74, 6) is 0.699. The van der Waals surface area contributed by atoms with E-state index in [0.29, 0.717) is 36.7 Å². The average Bonchev–Trinajstić information content (AvgIpc) is 2.93. The molecule has 0 spiro atoms. The molecule has 1 aliphatic rings. The van der Waals surface area contributed by atoms with Gasteiger partial charge < -0.3 is 19.1 Å². The van der Waals surface area contributed by atoms with Crippen molar-refractivity contribution in [2.24, 2.45) is 0 Å². The monoisotopic (exact) mass is 500 g/mol. The molecule has 1 heterocycles. The number of anilines is 1. The molecule has 8 heteroatoms. The summed E-state index contributed by atoms with van der Waals surface area (Å²) in [6.45, 7) is 11.1. The van der Waals surface area contributed by atoms with E-state index in [4.69, 9.17) is 14.2 Å². The van der Waals surface area contributed by atoms with E-state index in [1.54, 1.807) is 19.1 Å². The highest BCUT2D eigenvalue weighted by Gasteiger charge is 2.41. The van der Waals surface area contributed by atoms with Gasteiger partial charge in [-0.3, -0.25) is 14.5 Å². The van der Waals surface area contributed by atoms with Crippen LogP contribution in [0.5, 0.6) is 11.5 Å². The Bertz CT molecular complexity index is 1020. The molecular weight excluding hydrogens is 464 g/mol. The van der Waals surface area contributed by atoms with Gasteiger partial charge in [-0.1, -0.05) is 12.1 Å². The SMILES string of the molecule is COc1ccc([C@@H]2Sc3cc(OC)ccc3N(CCN(C(C)C)C(C)C)C(=O)[C@H]2OC(C)=O)cc1. The number of hydrogen-bond donors (Lipinski definition) is 0. The number of rotatable bonds is 9. The zero-order valence-corrected chi connectivity index (χ0v) is 22.4. The van der Waals surface area contributed by atoms with Crippen molar-refractivity contribution in [1.82, 2.24) is 4.90 Å². The van der Waals surface area contributed by atoms with Gasteiger partial charge in [0.1, 0.15) is 11.5 Å². The molecule has 0 aromatic heterocycles. The van der Waals surface area contributed by atoms with Crippen LogP contribution < -0.4 is 14.4 Å². The van der Waals surface area contributed by atoms with Gasteiger partial charge in [-0.15, -0.1) is 11.8 Å². The molecule has 35 heavy (non-hydrogen) atoms. The van der Waals surface area contributed by atoms with Crippen molar-refractivity contribution < 1.29 is 23.8 Å². The van der Waals surface area contributed by atoms with Gasteiger partial charge in [0.25, 0.3) is 5.91 Å². The molecule has 2 aromatic carbocycles. The topological polar surface area (TPSA) is 68.3 Å². The highest BCUT2D eigenvalue weighted by molar-refractivity contribution is 7.99. The number of hydrogen-bond acceptors (Lipinski definition) is 7. The third-order valence-corrected chi connectivity index (χ3v) is 7.50. The van der Waals surface area contributed by atoms with Gasteiger partial charge in [-0.05, 0) is 63.6 Å². The first-order valence-corrected chi connectivity index (χ1v) is 12.8. The predicted molar refractivity (Wildman–Crippen MR) is 139 cm³/mol. The van der Waals surface area contributed by atoms with Gasteiger partial charge in [0, 0.05) is 37.0 Å². The Hall–Kier alpha value is -2.71. The number of nitrogens with zero attached hydrogens (tertiary/aromatic N) is 2. The summed E-state index contributed by atoms with van der Waals surface area (Å²) in [5, 5.41) is -0.431. The first-order valence-electron chi connectivity index (χ1n) is 11.9. The Morgan fingerprint density at radius 2 is 1.60 bits per heavy atom. The molecule has 190 valence electrons. The number of fused-ring (bicyclic) bond motifs is 1. The van der Waals surface area contributed by atoms with E-state index >= 15 is 0 Å². The summed E-state index contributed by atoms with van der Waals surface area (Å²) in [4.78, 5) is 31.1. The van der Waals surface area contributed by atoms with Crippen molar-refractivity contribution in [2.75, 3.05) is 32.2 Å². The standard InChI is InChI=1S/C27H36N2O5S/c1-17(2)28(18(3)4)14-15-29-23-13-12-22(33-7)16-24(23)35-26(25(27(29)31)34-19(5)30)20-8-10-21(32-6)11-9-20/h8-13,16-18,25-26H,14-15H2,1-7H3/t25-,26-/m0/s1. The zero-order chi connectivity index (χ0) is 25.7. The number of carbonyl (C=O) groups excluding carboxylic acids is 2. The quantitative estimate of drug-likeness (QED) is 0.452. The van der Waals surface area contributed by atoms with Gasteiger partial charge in [0.15, 0.2) is 6.10 Å². The number of methoxy groups -OCH3 is 2. The lowest BCUT2D eigenvalue weighted by atomic mass is 10.1. The third-order valence-electron chi connectivity index (χ3n) is 6.14. The summed E-state index contributed by atoms with van der Waals surface area (Å²) in [7, 11) is 3.23. The largest absolute Gasteiger partial charge is 0.497 e. The van der Waals surface area contributed by atoms with Gasteiger partial charge >= 0.3 is 5.97 Å². The van der Waals surface area contributed by atoms with E-state index in [9.17, 15) is 9.59 Å². The Morgan fingerprint density at radius 3 is 2.14 bits per heavy atom. The summed E-state index contributed by atoms with van der Waals surface area (Å²) in [5.41, 5.74) is 1.67. The molecule has 0 saturated carbocycles. The van der Waals surface area contributed by atoms with Crippen LogP contribution >= 0.6 is 11.8 Å². The highest BCUT2D eigenvalue weighted by Crippen LogP contribution is 2.48. The minimum atomic E-state index is -0.976. The van der Waals surface area contributed by atoms with E-state index in [-0.39, 0.29) is 5.91 Å². The lowest BCUT2D eigenvalue weighted by Crippen LogP contribution is -2.48. The molecule has 0 N–H and O–H groups in total. The van der Waals surface area contributed by atoms with E-state index in [0.717, 1.165) is 16.1 Å². The number of esters is 1. The van der Waals surface area contributed by atoms with Crippen molar-refractivity contribution in [3.8, 4) is 11.5 Å². The van der Waals surface area contributed by atoms with Crippen LogP contribution in [0, 0.1) is 0 Å². The molecule has 0 radical (unpaired) electrons. The van der Waals surface area contributed by atoms with E-state index < -0.39 is 17.3 Å².